The van der Waals surface area contributed by atoms with Crippen molar-refractivity contribution in [1.82, 2.24) is 25.9 Å². The van der Waals surface area contributed by atoms with E-state index in [2.05, 4.69) is 25.9 Å². The van der Waals surface area contributed by atoms with Crippen LogP contribution in [0.25, 0.3) is 0 Å². The van der Waals surface area contributed by atoms with E-state index in [1.807, 2.05) is 0 Å². The Bertz CT molecular complexity index is 939. The molecule has 0 aromatic carbocycles. The summed E-state index contributed by atoms with van der Waals surface area (Å²) in [5.41, 5.74) is 16.6. The Kier molecular flexibility index (Phi) is 13.3. The summed E-state index contributed by atoms with van der Waals surface area (Å²) in [4.78, 5) is 78.5. The molecule has 16 nitrogen and oxygen atoms in total. The zero-order valence-corrected chi connectivity index (χ0v) is 20.1. The van der Waals surface area contributed by atoms with E-state index in [1.165, 1.54) is 12.5 Å². The Hall–Kier alpha value is -4.05. The molecule has 0 aliphatic rings. The first-order valence-corrected chi connectivity index (χ1v) is 11.5. The number of hydrogen-bond acceptors (Lipinski definition) is 9. The normalized spacial score (nSPS) is 14.0. The van der Waals surface area contributed by atoms with Crippen LogP contribution < -0.4 is 33.2 Å². The number of carbonyl (C=O) groups excluding carboxylic acids is 4. The second kappa shape index (κ2) is 15.8. The number of imidazole rings is 1. The number of H-pyrrole nitrogens is 1. The maximum absolute atomic E-state index is 13.1. The van der Waals surface area contributed by atoms with E-state index < -0.39 is 66.2 Å². The first-order chi connectivity index (χ1) is 17.4. The van der Waals surface area contributed by atoms with Crippen molar-refractivity contribution in [1.29, 1.82) is 0 Å². The highest BCUT2D eigenvalue weighted by molar-refractivity contribution is 5.94. The lowest BCUT2D eigenvalue weighted by atomic mass is 10.0. The van der Waals surface area contributed by atoms with Crippen molar-refractivity contribution in [2.24, 2.45) is 17.2 Å². The van der Waals surface area contributed by atoms with Gasteiger partial charge in [-0.25, -0.2) is 9.78 Å². The monoisotopic (exact) mass is 526 g/mol. The van der Waals surface area contributed by atoms with Crippen molar-refractivity contribution in [2.45, 2.75) is 69.1 Å². The Labute approximate surface area is 212 Å². The molecule has 1 rings (SSSR count). The Morgan fingerprint density at radius 1 is 0.919 bits per heavy atom. The van der Waals surface area contributed by atoms with Gasteiger partial charge in [-0.3, -0.25) is 24.0 Å². The minimum Gasteiger partial charge on any atom is -0.481 e. The van der Waals surface area contributed by atoms with Crippen molar-refractivity contribution in [3.63, 3.8) is 0 Å². The minimum absolute atomic E-state index is 0.0924. The number of nitrogens with zero attached hydrogens (tertiary/aromatic N) is 1. The second-order valence-electron chi connectivity index (χ2n) is 8.30. The van der Waals surface area contributed by atoms with Gasteiger partial charge in [0, 0.05) is 24.7 Å². The summed E-state index contributed by atoms with van der Waals surface area (Å²) in [5, 5.41) is 25.4. The van der Waals surface area contributed by atoms with E-state index in [-0.39, 0.29) is 25.7 Å². The summed E-state index contributed by atoms with van der Waals surface area (Å²) in [7, 11) is 0. The van der Waals surface area contributed by atoms with Gasteiger partial charge in [0.05, 0.1) is 18.8 Å². The van der Waals surface area contributed by atoms with Crippen LogP contribution in [-0.2, 0) is 35.2 Å². The van der Waals surface area contributed by atoms with Crippen molar-refractivity contribution in [3.8, 4) is 0 Å². The van der Waals surface area contributed by atoms with Crippen molar-refractivity contribution in [3.05, 3.63) is 18.2 Å². The maximum Gasteiger partial charge on any atom is 0.326 e. The molecule has 16 heteroatoms. The highest BCUT2D eigenvalue weighted by Crippen LogP contribution is 2.07. The fourth-order valence-electron chi connectivity index (χ4n) is 3.24. The first-order valence-electron chi connectivity index (χ1n) is 11.5. The van der Waals surface area contributed by atoms with E-state index in [0.717, 1.165) is 0 Å². The van der Waals surface area contributed by atoms with Gasteiger partial charge in [0.25, 0.3) is 0 Å². The van der Waals surface area contributed by atoms with Crippen LogP contribution in [-0.4, -0.2) is 86.5 Å². The SMILES string of the molecule is NCCCCC(NC(=O)C(Cc1cnc[nH]1)NC(=O)C(N)CC(=O)O)C(=O)NC(CCC(N)=O)C(=O)O. The van der Waals surface area contributed by atoms with Crippen LogP contribution in [0.1, 0.15) is 44.2 Å². The lowest BCUT2D eigenvalue weighted by Crippen LogP contribution is -2.57. The van der Waals surface area contributed by atoms with Crippen LogP contribution >= 0.6 is 0 Å². The number of nitrogens with two attached hydrogens (primary N) is 3. The van der Waals surface area contributed by atoms with Crippen LogP contribution in [0.4, 0.5) is 0 Å². The molecular formula is C21H34N8O8. The third kappa shape index (κ3) is 12.0. The molecule has 0 aliphatic carbocycles. The van der Waals surface area contributed by atoms with Gasteiger partial charge in [-0.2, -0.15) is 0 Å². The molecule has 37 heavy (non-hydrogen) atoms. The van der Waals surface area contributed by atoms with E-state index in [0.29, 0.717) is 25.1 Å². The molecule has 1 aromatic heterocycles. The standard InChI is InChI=1S/C21H34N8O8/c22-6-2-1-3-13(19(34)28-14(21(36)37)4-5-16(24)30)27-20(35)15(7-11-9-25-10-26-11)29-18(33)12(23)8-17(31)32/h9-10,12-15H,1-8,22-23H2,(H2,24,30)(H,25,26)(H,27,35)(H,28,34)(H,29,33)(H,31,32)(H,36,37). The molecule has 0 saturated carbocycles. The van der Waals surface area contributed by atoms with E-state index in [1.54, 1.807) is 0 Å². The Morgan fingerprint density at radius 3 is 2.08 bits per heavy atom. The molecule has 0 radical (unpaired) electrons. The molecule has 4 unspecified atom stereocenters. The fraction of sp³-hybridized carbons (Fsp3) is 0.571. The third-order valence-electron chi connectivity index (χ3n) is 5.22. The van der Waals surface area contributed by atoms with Crippen LogP contribution in [0.5, 0.6) is 0 Å². The number of carbonyl (C=O) groups is 6. The van der Waals surface area contributed by atoms with Crippen LogP contribution in [0, 0.1) is 0 Å². The lowest BCUT2D eigenvalue weighted by molar-refractivity contribution is -0.142. The molecule has 0 spiro atoms. The first kappa shape index (κ1) is 31.0. The predicted molar refractivity (Wildman–Crippen MR) is 127 cm³/mol. The smallest absolute Gasteiger partial charge is 0.326 e. The number of amides is 4. The van der Waals surface area contributed by atoms with Gasteiger partial charge in [0.2, 0.25) is 23.6 Å². The van der Waals surface area contributed by atoms with E-state index in [4.69, 9.17) is 22.3 Å². The summed E-state index contributed by atoms with van der Waals surface area (Å²) in [5.74, 6) is -5.97. The summed E-state index contributed by atoms with van der Waals surface area (Å²) < 4.78 is 0. The zero-order valence-electron chi connectivity index (χ0n) is 20.1. The summed E-state index contributed by atoms with van der Waals surface area (Å²) in [6, 6.07) is -5.34. The molecule has 0 bridgehead atoms. The number of nitrogens with one attached hydrogen (secondary N) is 4. The fourth-order valence-corrected chi connectivity index (χ4v) is 3.24. The number of rotatable bonds is 18. The average Bonchev–Trinajstić information content (AvgIpc) is 3.32. The summed E-state index contributed by atoms with van der Waals surface area (Å²) in [6.07, 6.45) is 2.49. The van der Waals surface area contributed by atoms with Crippen molar-refractivity contribution < 1.29 is 39.0 Å². The van der Waals surface area contributed by atoms with Gasteiger partial charge in [0.1, 0.15) is 18.1 Å². The number of primary amides is 1. The van der Waals surface area contributed by atoms with Gasteiger partial charge in [0.15, 0.2) is 0 Å². The number of unbranched alkanes of at least 4 members (excludes halogenated alkanes) is 1. The quantitative estimate of drug-likeness (QED) is 0.0853. The number of aliphatic carboxylic acids is 2. The van der Waals surface area contributed by atoms with E-state index in [9.17, 15) is 33.9 Å². The molecule has 4 atom stereocenters. The number of aromatic nitrogens is 2. The van der Waals surface area contributed by atoms with Gasteiger partial charge in [-0.1, -0.05) is 0 Å². The molecule has 206 valence electrons. The molecule has 1 aromatic rings. The zero-order chi connectivity index (χ0) is 28.0. The van der Waals surface area contributed by atoms with E-state index >= 15 is 0 Å². The highest BCUT2D eigenvalue weighted by Gasteiger charge is 2.31. The summed E-state index contributed by atoms with van der Waals surface area (Å²) in [6.45, 7) is 0.318. The molecular weight excluding hydrogens is 492 g/mol. The van der Waals surface area contributed by atoms with Crippen LogP contribution in [0.3, 0.4) is 0 Å². The number of carboxylic acids is 2. The van der Waals surface area contributed by atoms with Crippen molar-refractivity contribution in [2.75, 3.05) is 6.54 Å². The molecule has 4 amide bonds. The third-order valence-corrected chi connectivity index (χ3v) is 5.22. The number of hydrogen-bond donors (Lipinski definition) is 9. The van der Waals surface area contributed by atoms with Crippen molar-refractivity contribution >= 4 is 35.6 Å². The topological polar surface area (TPSA) is 286 Å². The van der Waals surface area contributed by atoms with Crippen LogP contribution in [0.15, 0.2) is 12.5 Å². The molecule has 0 saturated heterocycles. The van der Waals surface area contributed by atoms with Gasteiger partial charge in [-0.05, 0) is 32.2 Å². The Morgan fingerprint density at radius 2 is 1.54 bits per heavy atom. The average molecular weight is 527 g/mol. The maximum atomic E-state index is 13.1. The van der Waals surface area contributed by atoms with Crippen LogP contribution in [0.2, 0.25) is 0 Å². The molecule has 12 N–H and O–H groups in total. The molecule has 1 heterocycles. The number of aromatic amines is 1. The second-order valence-corrected chi connectivity index (χ2v) is 8.30. The highest BCUT2D eigenvalue weighted by atomic mass is 16.4. The number of carboxylic acid groups (broad SMARTS) is 2. The largest absolute Gasteiger partial charge is 0.481 e. The molecule has 0 fully saturated rings. The van der Waals surface area contributed by atoms with Gasteiger partial charge >= 0.3 is 11.9 Å². The Balaban J connectivity index is 3.05. The molecule has 0 aliphatic heterocycles. The summed E-state index contributed by atoms with van der Waals surface area (Å²) >= 11 is 0. The predicted octanol–water partition coefficient (Wildman–Crippen LogP) is -3.31. The minimum atomic E-state index is -1.43. The van der Waals surface area contributed by atoms with Gasteiger partial charge < -0.3 is 48.3 Å². The van der Waals surface area contributed by atoms with Gasteiger partial charge in [-0.15, -0.1) is 0 Å². The lowest BCUT2D eigenvalue weighted by Gasteiger charge is -2.25.